The number of carbonyl (C=O) groups is 2. The average molecular weight is 252 g/mol. The molecular weight excluding hydrogens is 240 g/mol. The van der Waals surface area contributed by atoms with Crippen LogP contribution in [0, 0.1) is 10.1 Å². The minimum Gasteiger partial charge on any atom is -0.480 e. The Morgan fingerprint density at radius 1 is 1.33 bits per heavy atom. The summed E-state index contributed by atoms with van der Waals surface area (Å²) < 4.78 is 0. The molecule has 0 atom stereocenters. The molecule has 0 saturated carbocycles. The number of nitro benzene ring substituents is 1. The number of benzene rings is 1. The Hall–Kier alpha value is -2.44. The third-order valence-electron chi connectivity index (χ3n) is 2.31. The van der Waals surface area contributed by atoms with Gasteiger partial charge >= 0.3 is 5.97 Å². The number of amides is 1. The topological polar surface area (TPSA) is 110 Å². The second kappa shape index (κ2) is 4.82. The molecule has 0 aromatic heterocycles. The van der Waals surface area contributed by atoms with Crippen molar-refractivity contribution in [1.82, 2.24) is 5.32 Å². The fourth-order valence-electron chi connectivity index (χ4n) is 1.23. The number of hydrogen-bond acceptors (Lipinski definition) is 4. The van der Waals surface area contributed by atoms with Crippen LogP contribution in [0.5, 0.6) is 0 Å². The molecule has 7 nitrogen and oxygen atoms in total. The number of hydrogen-bond donors (Lipinski definition) is 2. The Kier molecular flexibility index (Phi) is 3.65. The van der Waals surface area contributed by atoms with Gasteiger partial charge in [-0.1, -0.05) is 12.1 Å². The number of nitrogens with one attached hydrogen (secondary N) is 1. The highest BCUT2D eigenvalue weighted by atomic mass is 16.6. The maximum atomic E-state index is 11.8. The molecular formula is C11H12N2O5. The zero-order chi connectivity index (χ0) is 13.9. The number of nitrogens with zero attached hydrogens (tertiary/aromatic N) is 1. The lowest BCUT2D eigenvalue weighted by Crippen LogP contribution is -2.49. The van der Waals surface area contributed by atoms with E-state index < -0.39 is 22.3 Å². The van der Waals surface area contributed by atoms with Gasteiger partial charge in [-0.25, -0.2) is 4.79 Å². The van der Waals surface area contributed by atoms with Gasteiger partial charge in [-0.05, 0) is 19.9 Å². The fraction of sp³-hybridized carbons (Fsp3) is 0.273. The molecule has 0 saturated heterocycles. The number of carbonyl (C=O) groups excluding carboxylic acids is 1. The van der Waals surface area contributed by atoms with Crippen LogP contribution in [0.2, 0.25) is 0 Å². The third kappa shape index (κ3) is 2.82. The van der Waals surface area contributed by atoms with Crippen molar-refractivity contribution in [3.63, 3.8) is 0 Å². The second-order valence-electron chi connectivity index (χ2n) is 4.16. The van der Waals surface area contributed by atoms with Gasteiger partial charge in [0.25, 0.3) is 11.6 Å². The van der Waals surface area contributed by atoms with Crippen molar-refractivity contribution < 1.29 is 19.6 Å². The Morgan fingerprint density at radius 2 is 1.89 bits per heavy atom. The molecule has 0 unspecified atom stereocenters. The minimum atomic E-state index is -1.50. The first-order valence-corrected chi connectivity index (χ1v) is 5.05. The Bertz CT molecular complexity index is 510. The molecule has 0 fully saturated rings. The predicted octanol–water partition coefficient (Wildman–Crippen LogP) is 1.19. The van der Waals surface area contributed by atoms with Gasteiger partial charge in [0.1, 0.15) is 11.1 Å². The quantitative estimate of drug-likeness (QED) is 0.617. The van der Waals surface area contributed by atoms with Crippen molar-refractivity contribution in [2.45, 2.75) is 19.4 Å². The van der Waals surface area contributed by atoms with Crippen LogP contribution >= 0.6 is 0 Å². The van der Waals surface area contributed by atoms with Gasteiger partial charge in [0.05, 0.1) is 4.92 Å². The maximum absolute atomic E-state index is 11.8. The summed E-state index contributed by atoms with van der Waals surface area (Å²) in [5, 5.41) is 21.8. The molecule has 1 aromatic carbocycles. The summed E-state index contributed by atoms with van der Waals surface area (Å²) in [6, 6.07) is 5.35. The zero-order valence-corrected chi connectivity index (χ0v) is 9.84. The number of carboxylic acid groups (broad SMARTS) is 1. The van der Waals surface area contributed by atoms with Crippen LogP contribution in [0.4, 0.5) is 5.69 Å². The predicted molar refractivity (Wildman–Crippen MR) is 62.3 cm³/mol. The van der Waals surface area contributed by atoms with Gasteiger partial charge in [0.2, 0.25) is 0 Å². The summed E-state index contributed by atoms with van der Waals surface area (Å²) in [6.07, 6.45) is 0. The first-order valence-electron chi connectivity index (χ1n) is 5.05. The van der Waals surface area contributed by atoms with E-state index in [1.54, 1.807) is 0 Å². The summed E-state index contributed by atoms with van der Waals surface area (Å²) in [5.41, 5.74) is -2.03. The molecule has 0 aliphatic heterocycles. The number of rotatable bonds is 4. The molecule has 1 amide bonds. The van der Waals surface area contributed by atoms with E-state index in [1.165, 1.54) is 38.1 Å². The van der Waals surface area contributed by atoms with Crippen molar-refractivity contribution in [3.8, 4) is 0 Å². The number of para-hydroxylation sites is 1. The molecule has 0 aliphatic rings. The van der Waals surface area contributed by atoms with Gasteiger partial charge in [-0.3, -0.25) is 14.9 Å². The highest BCUT2D eigenvalue weighted by Crippen LogP contribution is 2.18. The number of carboxylic acids is 1. The van der Waals surface area contributed by atoms with E-state index in [-0.39, 0.29) is 11.3 Å². The van der Waals surface area contributed by atoms with E-state index in [4.69, 9.17) is 5.11 Å². The van der Waals surface area contributed by atoms with Gasteiger partial charge < -0.3 is 10.4 Å². The van der Waals surface area contributed by atoms with Crippen LogP contribution in [0.25, 0.3) is 0 Å². The molecule has 0 aliphatic carbocycles. The lowest BCUT2D eigenvalue weighted by molar-refractivity contribution is -0.385. The van der Waals surface area contributed by atoms with E-state index in [0.717, 1.165) is 0 Å². The Morgan fingerprint density at radius 3 is 2.39 bits per heavy atom. The monoisotopic (exact) mass is 252 g/mol. The zero-order valence-electron chi connectivity index (χ0n) is 9.84. The molecule has 0 radical (unpaired) electrons. The van der Waals surface area contributed by atoms with E-state index in [0.29, 0.717) is 0 Å². The summed E-state index contributed by atoms with van der Waals surface area (Å²) in [6.45, 7) is 2.59. The van der Waals surface area contributed by atoms with Crippen molar-refractivity contribution in [1.29, 1.82) is 0 Å². The maximum Gasteiger partial charge on any atom is 0.328 e. The van der Waals surface area contributed by atoms with Gasteiger partial charge in [0, 0.05) is 6.07 Å². The van der Waals surface area contributed by atoms with Crippen molar-refractivity contribution in [2.24, 2.45) is 0 Å². The summed E-state index contributed by atoms with van der Waals surface area (Å²) in [4.78, 5) is 32.7. The smallest absolute Gasteiger partial charge is 0.328 e. The normalized spacial score (nSPS) is 10.8. The first-order chi connectivity index (χ1) is 8.25. The van der Waals surface area contributed by atoms with Gasteiger partial charge in [-0.2, -0.15) is 0 Å². The summed E-state index contributed by atoms with van der Waals surface area (Å²) in [7, 11) is 0. The molecule has 0 spiro atoms. The summed E-state index contributed by atoms with van der Waals surface area (Å²) >= 11 is 0. The number of aliphatic carboxylic acids is 1. The largest absolute Gasteiger partial charge is 0.480 e. The molecule has 0 heterocycles. The van der Waals surface area contributed by atoms with Crippen LogP contribution in [-0.2, 0) is 4.79 Å². The average Bonchev–Trinajstić information content (AvgIpc) is 2.28. The van der Waals surface area contributed by atoms with Gasteiger partial charge in [-0.15, -0.1) is 0 Å². The van der Waals surface area contributed by atoms with Crippen molar-refractivity contribution in [2.75, 3.05) is 0 Å². The molecule has 18 heavy (non-hydrogen) atoms. The SMILES string of the molecule is CC(C)(NC(=O)c1ccccc1[N+](=O)[O-])C(=O)O. The van der Waals surface area contributed by atoms with Crippen LogP contribution in [0.1, 0.15) is 24.2 Å². The lowest BCUT2D eigenvalue weighted by Gasteiger charge is -2.20. The van der Waals surface area contributed by atoms with Crippen molar-refractivity contribution in [3.05, 3.63) is 39.9 Å². The van der Waals surface area contributed by atoms with Gasteiger partial charge in [0.15, 0.2) is 0 Å². The standard InChI is InChI=1S/C11H12N2O5/c1-11(2,10(15)16)12-9(14)7-5-3-4-6-8(7)13(17)18/h3-6H,1-2H3,(H,12,14)(H,15,16). The van der Waals surface area contributed by atoms with Crippen molar-refractivity contribution >= 4 is 17.6 Å². The molecule has 0 bridgehead atoms. The highest BCUT2D eigenvalue weighted by molar-refractivity contribution is 6.00. The fourth-order valence-corrected chi connectivity index (χ4v) is 1.23. The molecule has 7 heteroatoms. The van der Waals surface area contributed by atoms with E-state index in [2.05, 4.69) is 5.32 Å². The van der Waals surface area contributed by atoms with Crippen LogP contribution in [-0.4, -0.2) is 27.4 Å². The summed E-state index contributed by atoms with van der Waals surface area (Å²) in [5.74, 6) is -2.02. The highest BCUT2D eigenvalue weighted by Gasteiger charge is 2.31. The van der Waals surface area contributed by atoms with E-state index >= 15 is 0 Å². The molecule has 1 rings (SSSR count). The Labute approximate surface area is 103 Å². The third-order valence-corrected chi connectivity index (χ3v) is 2.31. The minimum absolute atomic E-state index is 0.170. The number of nitro groups is 1. The first kappa shape index (κ1) is 13.6. The van der Waals surface area contributed by atoms with Crippen LogP contribution in [0.15, 0.2) is 24.3 Å². The van der Waals surface area contributed by atoms with Crippen LogP contribution < -0.4 is 5.32 Å². The molecule has 96 valence electrons. The lowest BCUT2D eigenvalue weighted by atomic mass is 10.0. The van der Waals surface area contributed by atoms with E-state index in [1.807, 2.05) is 0 Å². The van der Waals surface area contributed by atoms with Crippen LogP contribution in [0.3, 0.4) is 0 Å². The Balaban J connectivity index is 3.06. The van der Waals surface area contributed by atoms with E-state index in [9.17, 15) is 19.7 Å². The molecule has 1 aromatic rings. The second-order valence-corrected chi connectivity index (χ2v) is 4.16. The molecule has 2 N–H and O–H groups in total.